The molecule has 1 fully saturated rings. The van der Waals surface area contributed by atoms with Crippen LogP contribution in [0.25, 0.3) is 0 Å². The number of aromatic nitrogens is 1. The van der Waals surface area contributed by atoms with E-state index in [9.17, 15) is 4.79 Å². The number of carbonyl (C=O) groups excluding carboxylic acids is 1. The first-order valence-electron chi connectivity index (χ1n) is 5.88. The fourth-order valence-corrected chi connectivity index (χ4v) is 2.26. The van der Waals surface area contributed by atoms with Crippen LogP contribution in [0.3, 0.4) is 0 Å². The first-order chi connectivity index (χ1) is 7.68. The summed E-state index contributed by atoms with van der Waals surface area (Å²) in [6.07, 6.45) is 6.44. The maximum absolute atomic E-state index is 12.1. The maximum atomic E-state index is 12.1. The smallest absolute Gasteiger partial charge is 0.255 e. The van der Waals surface area contributed by atoms with E-state index in [-0.39, 0.29) is 5.91 Å². The van der Waals surface area contributed by atoms with Gasteiger partial charge in [-0.25, -0.2) is 0 Å². The molecular weight excluding hydrogens is 200 g/mol. The molecule has 1 aliphatic carbocycles. The number of nitrogens with zero attached hydrogens (tertiary/aromatic N) is 2. The van der Waals surface area contributed by atoms with Gasteiger partial charge in [0.15, 0.2) is 0 Å². The fourth-order valence-electron chi connectivity index (χ4n) is 2.26. The van der Waals surface area contributed by atoms with Crippen LogP contribution in [0.15, 0.2) is 18.3 Å². The van der Waals surface area contributed by atoms with E-state index in [1.807, 2.05) is 31.0 Å². The third-order valence-electron chi connectivity index (χ3n) is 3.35. The largest absolute Gasteiger partial charge is 0.339 e. The fraction of sp³-hybridized carbons (Fsp3) is 0.538. The summed E-state index contributed by atoms with van der Waals surface area (Å²) in [6.45, 7) is 1.93. The van der Waals surface area contributed by atoms with Crippen molar-refractivity contribution in [3.63, 3.8) is 0 Å². The number of pyridine rings is 1. The van der Waals surface area contributed by atoms with Gasteiger partial charge in [0, 0.05) is 25.0 Å². The minimum atomic E-state index is 0.0967. The Labute approximate surface area is 96.5 Å². The molecule has 0 aromatic carbocycles. The second-order valence-corrected chi connectivity index (χ2v) is 4.54. The average molecular weight is 218 g/mol. The predicted octanol–water partition coefficient (Wildman–Crippen LogP) is 2.40. The molecule has 2 rings (SSSR count). The number of hydrogen-bond donors (Lipinski definition) is 0. The van der Waals surface area contributed by atoms with Gasteiger partial charge in [-0.15, -0.1) is 0 Å². The molecule has 0 spiro atoms. The zero-order valence-corrected chi connectivity index (χ0v) is 9.94. The molecule has 1 aromatic rings. The number of aryl methyl sites for hydroxylation is 1. The zero-order valence-electron chi connectivity index (χ0n) is 9.94. The third-order valence-corrected chi connectivity index (χ3v) is 3.35. The van der Waals surface area contributed by atoms with E-state index in [4.69, 9.17) is 0 Å². The average Bonchev–Trinajstić information content (AvgIpc) is 2.81. The molecule has 1 aromatic heterocycles. The van der Waals surface area contributed by atoms with Crippen LogP contribution in [0.1, 0.15) is 41.7 Å². The van der Waals surface area contributed by atoms with Crippen LogP contribution in [0, 0.1) is 6.92 Å². The highest BCUT2D eigenvalue weighted by molar-refractivity contribution is 5.93. The molecule has 0 unspecified atom stereocenters. The van der Waals surface area contributed by atoms with Gasteiger partial charge >= 0.3 is 0 Å². The standard InChI is InChI=1S/C13H18N2O/c1-10-7-8-11(9-14-10)13(16)15(2)12-5-3-4-6-12/h7-9,12H,3-6H2,1-2H3. The Kier molecular flexibility index (Phi) is 3.22. The molecule has 1 amide bonds. The number of hydrogen-bond acceptors (Lipinski definition) is 2. The van der Waals surface area contributed by atoms with Crippen LogP contribution in [-0.2, 0) is 0 Å². The van der Waals surface area contributed by atoms with Crippen molar-refractivity contribution in [1.82, 2.24) is 9.88 Å². The summed E-state index contributed by atoms with van der Waals surface area (Å²) in [5.74, 6) is 0.0967. The lowest BCUT2D eigenvalue weighted by Gasteiger charge is -2.24. The van der Waals surface area contributed by atoms with Gasteiger partial charge < -0.3 is 4.90 Å². The second-order valence-electron chi connectivity index (χ2n) is 4.54. The summed E-state index contributed by atoms with van der Waals surface area (Å²) in [5.41, 5.74) is 1.64. The van der Waals surface area contributed by atoms with Crippen molar-refractivity contribution in [2.24, 2.45) is 0 Å². The van der Waals surface area contributed by atoms with Gasteiger partial charge in [-0.1, -0.05) is 12.8 Å². The topological polar surface area (TPSA) is 33.2 Å². The second kappa shape index (κ2) is 4.64. The summed E-state index contributed by atoms with van der Waals surface area (Å²) in [7, 11) is 1.90. The monoisotopic (exact) mass is 218 g/mol. The highest BCUT2D eigenvalue weighted by Gasteiger charge is 2.24. The Bertz CT molecular complexity index is 366. The molecule has 0 atom stereocenters. The van der Waals surface area contributed by atoms with Crippen molar-refractivity contribution in [2.45, 2.75) is 38.6 Å². The molecule has 3 heteroatoms. The van der Waals surface area contributed by atoms with Gasteiger partial charge in [-0.3, -0.25) is 9.78 Å². The van der Waals surface area contributed by atoms with E-state index in [0.717, 1.165) is 18.5 Å². The summed E-state index contributed by atoms with van der Waals surface area (Å²) in [5, 5.41) is 0. The molecule has 0 saturated heterocycles. The quantitative estimate of drug-likeness (QED) is 0.763. The highest BCUT2D eigenvalue weighted by Crippen LogP contribution is 2.23. The van der Waals surface area contributed by atoms with E-state index in [1.165, 1.54) is 12.8 Å². The highest BCUT2D eigenvalue weighted by atomic mass is 16.2. The summed E-state index contributed by atoms with van der Waals surface area (Å²) in [4.78, 5) is 18.2. The molecule has 0 radical (unpaired) electrons. The van der Waals surface area contributed by atoms with Crippen molar-refractivity contribution in [2.75, 3.05) is 7.05 Å². The lowest BCUT2D eigenvalue weighted by molar-refractivity contribution is 0.0735. The van der Waals surface area contributed by atoms with Crippen LogP contribution in [-0.4, -0.2) is 28.9 Å². The maximum Gasteiger partial charge on any atom is 0.255 e. The van der Waals surface area contributed by atoms with Crippen LogP contribution in [0.5, 0.6) is 0 Å². The molecule has 1 saturated carbocycles. The zero-order chi connectivity index (χ0) is 11.5. The van der Waals surface area contributed by atoms with Crippen molar-refractivity contribution >= 4 is 5.91 Å². The SMILES string of the molecule is Cc1ccc(C(=O)N(C)C2CCCC2)cn1. The summed E-state index contributed by atoms with van der Waals surface area (Å²) < 4.78 is 0. The van der Waals surface area contributed by atoms with E-state index < -0.39 is 0 Å². The van der Waals surface area contributed by atoms with Gasteiger partial charge in [-0.2, -0.15) is 0 Å². The normalized spacial score (nSPS) is 16.4. The molecular formula is C13H18N2O. The van der Waals surface area contributed by atoms with Gasteiger partial charge in [0.2, 0.25) is 0 Å². The van der Waals surface area contributed by atoms with Crippen molar-refractivity contribution in [3.8, 4) is 0 Å². The lowest BCUT2D eigenvalue weighted by Crippen LogP contribution is -2.35. The molecule has 1 aliphatic rings. The molecule has 3 nitrogen and oxygen atoms in total. The van der Waals surface area contributed by atoms with Crippen molar-refractivity contribution < 1.29 is 4.79 Å². The third kappa shape index (κ3) is 2.23. The van der Waals surface area contributed by atoms with Crippen LogP contribution in [0.2, 0.25) is 0 Å². The Morgan fingerprint density at radius 2 is 2.06 bits per heavy atom. The first-order valence-corrected chi connectivity index (χ1v) is 5.88. The van der Waals surface area contributed by atoms with E-state index in [0.29, 0.717) is 11.6 Å². The van der Waals surface area contributed by atoms with Crippen LogP contribution in [0.4, 0.5) is 0 Å². The molecule has 1 heterocycles. The van der Waals surface area contributed by atoms with Crippen LogP contribution >= 0.6 is 0 Å². The van der Waals surface area contributed by atoms with Crippen molar-refractivity contribution in [3.05, 3.63) is 29.6 Å². The molecule has 0 bridgehead atoms. The van der Waals surface area contributed by atoms with E-state index in [1.54, 1.807) is 6.20 Å². The number of rotatable bonds is 2. The summed E-state index contributed by atoms with van der Waals surface area (Å²) in [6, 6.07) is 4.17. The van der Waals surface area contributed by atoms with E-state index in [2.05, 4.69) is 4.98 Å². The molecule has 86 valence electrons. The van der Waals surface area contributed by atoms with Crippen LogP contribution < -0.4 is 0 Å². The lowest BCUT2D eigenvalue weighted by atomic mass is 10.2. The first kappa shape index (κ1) is 11.1. The Balaban J connectivity index is 2.08. The Hall–Kier alpha value is -1.38. The molecule has 0 aliphatic heterocycles. The van der Waals surface area contributed by atoms with Gasteiger partial charge in [0.1, 0.15) is 0 Å². The minimum absolute atomic E-state index is 0.0967. The molecule has 16 heavy (non-hydrogen) atoms. The predicted molar refractivity (Wildman–Crippen MR) is 63.3 cm³/mol. The van der Waals surface area contributed by atoms with Gasteiger partial charge in [0.05, 0.1) is 5.56 Å². The summed E-state index contributed by atoms with van der Waals surface area (Å²) >= 11 is 0. The van der Waals surface area contributed by atoms with Gasteiger partial charge in [0.25, 0.3) is 5.91 Å². The van der Waals surface area contributed by atoms with Gasteiger partial charge in [-0.05, 0) is 31.9 Å². The van der Waals surface area contributed by atoms with E-state index >= 15 is 0 Å². The number of carbonyl (C=O) groups is 1. The molecule has 0 N–H and O–H groups in total. The van der Waals surface area contributed by atoms with Crippen molar-refractivity contribution in [1.29, 1.82) is 0 Å². The Morgan fingerprint density at radius 3 is 2.62 bits per heavy atom. The number of amides is 1. The Morgan fingerprint density at radius 1 is 1.38 bits per heavy atom. The minimum Gasteiger partial charge on any atom is -0.339 e.